The third kappa shape index (κ3) is 3.65. The lowest BCUT2D eigenvalue weighted by molar-refractivity contribution is 0.601. The van der Waals surface area contributed by atoms with Crippen LogP contribution in [-0.4, -0.2) is 37.2 Å². The average molecular weight is 401 g/mol. The molecule has 1 fully saturated rings. The first-order valence-corrected chi connectivity index (χ1v) is 12.0. The summed E-state index contributed by atoms with van der Waals surface area (Å²) >= 11 is 1.70. The van der Waals surface area contributed by atoms with Crippen LogP contribution < -0.4 is 4.90 Å². The van der Waals surface area contributed by atoms with Crippen molar-refractivity contribution < 1.29 is 8.42 Å². The Morgan fingerprint density at radius 3 is 2.56 bits per heavy atom. The molecule has 0 amide bonds. The van der Waals surface area contributed by atoms with Gasteiger partial charge in [-0.3, -0.25) is 4.99 Å². The van der Waals surface area contributed by atoms with Gasteiger partial charge in [0.1, 0.15) is 0 Å². The predicted octanol–water partition coefficient (Wildman–Crippen LogP) is 3.89. The summed E-state index contributed by atoms with van der Waals surface area (Å²) < 4.78 is 24.3. The molecule has 0 unspecified atom stereocenters. The van der Waals surface area contributed by atoms with Crippen LogP contribution in [0.25, 0.3) is 0 Å². The van der Waals surface area contributed by atoms with E-state index in [1.807, 2.05) is 6.07 Å². The predicted molar refractivity (Wildman–Crippen MR) is 115 cm³/mol. The number of anilines is 1. The summed E-state index contributed by atoms with van der Waals surface area (Å²) in [7, 11) is -3.02. The first-order chi connectivity index (χ1) is 12.8. The molecule has 142 valence electrons. The minimum atomic E-state index is -3.02. The van der Waals surface area contributed by atoms with E-state index in [9.17, 15) is 8.42 Å². The summed E-state index contributed by atoms with van der Waals surface area (Å²) in [5, 5.41) is 0.936. The molecule has 2 aromatic carbocycles. The summed E-state index contributed by atoms with van der Waals surface area (Å²) in [5.41, 5.74) is 6.04. The van der Waals surface area contributed by atoms with Crippen molar-refractivity contribution in [3.05, 3.63) is 64.7 Å². The van der Waals surface area contributed by atoms with Crippen molar-refractivity contribution in [2.75, 3.05) is 16.4 Å². The van der Waals surface area contributed by atoms with Crippen LogP contribution in [0.5, 0.6) is 0 Å². The van der Waals surface area contributed by atoms with Crippen LogP contribution in [0.3, 0.4) is 0 Å². The van der Waals surface area contributed by atoms with E-state index in [1.54, 1.807) is 11.8 Å². The Kier molecular flexibility index (Phi) is 4.80. The Bertz CT molecular complexity index is 1010. The standard InChI is InChI=1S/C21H24N2O2S2/c1-14-8-9-18(10-16(14)3)23-20-13-27(24,25)12-19(20)22-21(23)26-11-17-7-5-4-6-15(17)2/h4-10,19-20H,11-13H2,1-3H3/t19-,20+/m0/s1. The van der Waals surface area contributed by atoms with Gasteiger partial charge >= 0.3 is 0 Å². The summed E-state index contributed by atoms with van der Waals surface area (Å²) in [4.78, 5) is 6.98. The first-order valence-electron chi connectivity index (χ1n) is 9.16. The molecule has 0 saturated carbocycles. The molecule has 0 N–H and O–H groups in total. The van der Waals surface area contributed by atoms with Crippen molar-refractivity contribution in [2.24, 2.45) is 4.99 Å². The summed E-state index contributed by atoms with van der Waals surface area (Å²) in [6, 6.07) is 14.5. The maximum Gasteiger partial charge on any atom is 0.164 e. The molecule has 0 radical (unpaired) electrons. The largest absolute Gasteiger partial charge is 0.315 e. The van der Waals surface area contributed by atoms with Crippen molar-refractivity contribution in [1.82, 2.24) is 0 Å². The van der Waals surface area contributed by atoms with E-state index in [0.29, 0.717) is 0 Å². The minimum absolute atomic E-state index is 0.0866. The quantitative estimate of drug-likeness (QED) is 0.784. The number of hydrogen-bond donors (Lipinski definition) is 0. The number of sulfone groups is 1. The van der Waals surface area contributed by atoms with Crippen LogP contribution in [0.2, 0.25) is 0 Å². The molecule has 1 saturated heterocycles. The van der Waals surface area contributed by atoms with Crippen molar-refractivity contribution >= 4 is 32.5 Å². The Balaban J connectivity index is 1.65. The molecule has 2 aromatic rings. The van der Waals surface area contributed by atoms with E-state index in [0.717, 1.165) is 16.6 Å². The lowest BCUT2D eigenvalue weighted by atomic mass is 10.1. The van der Waals surface area contributed by atoms with Crippen LogP contribution in [0.4, 0.5) is 5.69 Å². The number of thioether (sulfide) groups is 1. The molecule has 2 atom stereocenters. The number of amidine groups is 1. The number of benzene rings is 2. The molecule has 0 bridgehead atoms. The third-order valence-electron chi connectivity index (χ3n) is 5.49. The van der Waals surface area contributed by atoms with Gasteiger partial charge in [-0.25, -0.2) is 8.42 Å². The van der Waals surface area contributed by atoms with Gasteiger partial charge in [0.05, 0.1) is 23.6 Å². The van der Waals surface area contributed by atoms with E-state index in [1.165, 1.54) is 22.3 Å². The Morgan fingerprint density at radius 2 is 1.81 bits per heavy atom. The monoisotopic (exact) mass is 400 g/mol. The highest BCUT2D eigenvalue weighted by molar-refractivity contribution is 8.13. The number of nitrogens with zero attached hydrogens (tertiary/aromatic N) is 2. The second kappa shape index (κ2) is 6.99. The smallest absolute Gasteiger partial charge is 0.164 e. The Hall–Kier alpha value is -1.79. The van der Waals surface area contributed by atoms with Gasteiger partial charge in [0.25, 0.3) is 0 Å². The highest BCUT2D eigenvalue weighted by atomic mass is 32.2. The number of aliphatic imine (C=N–C) groups is 1. The molecule has 27 heavy (non-hydrogen) atoms. The van der Waals surface area contributed by atoms with Crippen molar-refractivity contribution in [2.45, 2.75) is 38.6 Å². The number of aryl methyl sites for hydroxylation is 3. The number of rotatable bonds is 3. The minimum Gasteiger partial charge on any atom is -0.315 e. The van der Waals surface area contributed by atoms with Gasteiger partial charge in [0.2, 0.25) is 0 Å². The van der Waals surface area contributed by atoms with E-state index in [4.69, 9.17) is 4.99 Å². The van der Waals surface area contributed by atoms with Gasteiger partial charge in [-0.05, 0) is 55.2 Å². The zero-order valence-corrected chi connectivity index (χ0v) is 17.5. The van der Waals surface area contributed by atoms with E-state index in [2.05, 4.69) is 62.1 Å². The van der Waals surface area contributed by atoms with Gasteiger partial charge in [-0.1, -0.05) is 42.1 Å². The van der Waals surface area contributed by atoms with Gasteiger partial charge in [-0.15, -0.1) is 0 Å². The number of hydrogen-bond acceptors (Lipinski definition) is 5. The van der Waals surface area contributed by atoms with Gasteiger partial charge < -0.3 is 4.90 Å². The highest BCUT2D eigenvalue weighted by Gasteiger charge is 2.47. The molecule has 6 heteroatoms. The zero-order chi connectivity index (χ0) is 19.2. The molecule has 4 rings (SSSR count). The van der Waals surface area contributed by atoms with E-state index >= 15 is 0 Å². The highest BCUT2D eigenvalue weighted by Crippen LogP contribution is 2.36. The van der Waals surface area contributed by atoms with Crippen molar-refractivity contribution in [1.29, 1.82) is 0 Å². The molecule has 0 aromatic heterocycles. The molecule has 0 aliphatic carbocycles. The van der Waals surface area contributed by atoms with Crippen LogP contribution in [0.1, 0.15) is 22.3 Å². The fourth-order valence-corrected chi connectivity index (χ4v) is 6.77. The van der Waals surface area contributed by atoms with E-state index < -0.39 is 9.84 Å². The Morgan fingerprint density at radius 1 is 1.04 bits per heavy atom. The molecule has 2 heterocycles. The lowest BCUT2D eigenvalue weighted by Gasteiger charge is -2.27. The first kappa shape index (κ1) is 18.6. The zero-order valence-electron chi connectivity index (χ0n) is 15.8. The number of fused-ring (bicyclic) bond motifs is 1. The maximum absolute atomic E-state index is 12.2. The van der Waals surface area contributed by atoms with Crippen LogP contribution in [-0.2, 0) is 15.6 Å². The molecule has 2 aliphatic heterocycles. The SMILES string of the molecule is Cc1ccc(N2C(SCc3ccccc3C)=N[C@H]3CS(=O)(=O)C[C@H]32)cc1C. The molecular formula is C21H24N2O2S2. The average Bonchev–Trinajstić information content (AvgIpc) is 3.08. The van der Waals surface area contributed by atoms with Crippen LogP contribution in [0, 0.1) is 20.8 Å². The van der Waals surface area contributed by atoms with Crippen molar-refractivity contribution in [3.8, 4) is 0 Å². The fraction of sp³-hybridized carbons (Fsp3) is 0.381. The Labute approximate surface area is 165 Å². The maximum atomic E-state index is 12.2. The normalized spacial score (nSPS) is 23.4. The summed E-state index contributed by atoms with van der Waals surface area (Å²) in [6.07, 6.45) is 0. The van der Waals surface area contributed by atoms with Crippen LogP contribution in [0.15, 0.2) is 47.5 Å². The van der Waals surface area contributed by atoms with Gasteiger partial charge in [0.15, 0.2) is 15.0 Å². The van der Waals surface area contributed by atoms with Crippen molar-refractivity contribution in [3.63, 3.8) is 0 Å². The summed E-state index contributed by atoms with van der Waals surface area (Å²) in [6.45, 7) is 6.30. The van der Waals surface area contributed by atoms with Gasteiger partial charge in [-0.2, -0.15) is 0 Å². The van der Waals surface area contributed by atoms with Gasteiger partial charge in [0, 0.05) is 11.4 Å². The van der Waals surface area contributed by atoms with Crippen LogP contribution >= 0.6 is 11.8 Å². The lowest BCUT2D eigenvalue weighted by Crippen LogP contribution is -2.39. The second-order valence-corrected chi connectivity index (χ2v) is 10.6. The van der Waals surface area contributed by atoms with E-state index in [-0.39, 0.29) is 23.6 Å². The topological polar surface area (TPSA) is 49.7 Å². The molecular weight excluding hydrogens is 376 g/mol. The third-order valence-corrected chi connectivity index (χ3v) is 8.21. The summed E-state index contributed by atoms with van der Waals surface area (Å²) in [5.74, 6) is 1.18. The second-order valence-electron chi connectivity index (χ2n) is 7.48. The molecule has 4 nitrogen and oxygen atoms in total. The molecule has 0 spiro atoms. The molecule has 2 aliphatic rings. The fourth-order valence-electron chi connectivity index (χ4n) is 3.72.